The maximum atomic E-state index is 11.1. The molecule has 2 aromatic carbocycles. The van der Waals surface area contributed by atoms with Crippen LogP contribution >= 0.6 is 0 Å². The third-order valence-electron chi connectivity index (χ3n) is 2.90. The first-order chi connectivity index (χ1) is 10.9. The van der Waals surface area contributed by atoms with Crippen molar-refractivity contribution in [2.45, 2.75) is 0 Å². The van der Waals surface area contributed by atoms with E-state index in [1.807, 2.05) is 0 Å². The normalized spacial score (nSPS) is 10.7. The van der Waals surface area contributed by atoms with Crippen molar-refractivity contribution in [3.8, 4) is 11.5 Å². The fourth-order valence-corrected chi connectivity index (χ4v) is 1.80. The molecule has 0 atom stereocenters. The van der Waals surface area contributed by atoms with Gasteiger partial charge < -0.3 is 20.1 Å². The number of hydrogen-bond acceptors (Lipinski definition) is 6. The lowest BCUT2D eigenvalue weighted by Gasteiger charge is -2.04. The van der Waals surface area contributed by atoms with Crippen molar-refractivity contribution in [2.75, 3.05) is 7.11 Å². The number of azo groups is 1. The molecule has 2 rings (SSSR count). The smallest absolute Gasteiger partial charge is 0.339 e. The van der Waals surface area contributed by atoms with Crippen molar-refractivity contribution in [2.24, 2.45) is 10.2 Å². The van der Waals surface area contributed by atoms with Gasteiger partial charge in [-0.15, -0.1) is 0 Å². The van der Waals surface area contributed by atoms with Gasteiger partial charge in [-0.05, 0) is 36.4 Å². The summed E-state index contributed by atoms with van der Waals surface area (Å²) in [6.07, 6.45) is 0. The molecule has 0 aliphatic heterocycles. The van der Waals surface area contributed by atoms with E-state index in [0.717, 1.165) is 6.07 Å². The van der Waals surface area contributed by atoms with Gasteiger partial charge in [0.1, 0.15) is 22.6 Å². The number of aromatic carboxylic acids is 2. The Kier molecular flexibility index (Phi) is 4.55. The van der Waals surface area contributed by atoms with Crippen LogP contribution in [-0.2, 0) is 0 Å². The van der Waals surface area contributed by atoms with E-state index in [9.17, 15) is 14.7 Å². The predicted octanol–water partition coefficient (Wildman–Crippen LogP) is 3.21. The highest BCUT2D eigenvalue weighted by atomic mass is 16.5. The Balaban J connectivity index is 2.34. The maximum Gasteiger partial charge on any atom is 0.339 e. The Bertz CT molecular complexity index is 801. The molecule has 0 aromatic heterocycles. The van der Waals surface area contributed by atoms with Crippen LogP contribution in [0.15, 0.2) is 46.6 Å². The van der Waals surface area contributed by atoms with Gasteiger partial charge in [-0.25, -0.2) is 9.59 Å². The Morgan fingerprint density at radius 3 is 1.96 bits per heavy atom. The second-order valence-electron chi connectivity index (χ2n) is 4.40. The maximum absolute atomic E-state index is 11.1. The number of phenols is 1. The summed E-state index contributed by atoms with van der Waals surface area (Å²) in [6, 6.07) is 7.96. The van der Waals surface area contributed by atoms with E-state index in [2.05, 4.69) is 10.2 Å². The number of ether oxygens (including phenoxy) is 1. The Hall–Kier alpha value is -3.42. The standard InChI is InChI=1S/C15H12N2O6/c1-23-13-5-3-9(7-11(13)15(21)22)17-16-8-2-4-12(18)10(6-8)14(19)20/h2-7,18H,1H3,(H,19,20)(H,21,22). The van der Waals surface area contributed by atoms with Crippen molar-refractivity contribution in [1.82, 2.24) is 0 Å². The predicted molar refractivity (Wildman–Crippen MR) is 79.2 cm³/mol. The molecule has 3 N–H and O–H groups in total. The lowest BCUT2D eigenvalue weighted by atomic mass is 10.2. The molecule has 0 spiro atoms. The van der Waals surface area contributed by atoms with Gasteiger partial charge in [0.05, 0.1) is 18.5 Å². The van der Waals surface area contributed by atoms with Crippen LogP contribution in [0.1, 0.15) is 20.7 Å². The summed E-state index contributed by atoms with van der Waals surface area (Å²) in [5.74, 6) is -2.66. The van der Waals surface area contributed by atoms with E-state index in [1.165, 1.54) is 37.4 Å². The van der Waals surface area contributed by atoms with Crippen molar-refractivity contribution in [3.63, 3.8) is 0 Å². The topological polar surface area (TPSA) is 129 Å². The molecule has 0 radical (unpaired) electrons. The summed E-state index contributed by atoms with van der Waals surface area (Å²) in [4.78, 5) is 22.0. The second kappa shape index (κ2) is 6.56. The first-order valence-corrected chi connectivity index (χ1v) is 6.31. The molecule has 0 unspecified atom stereocenters. The molecule has 8 nitrogen and oxygen atoms in total. The highest BCUT2D eigenvalue weighted by Crippen LogP contribution is 2.27. The third kappa shape index (κ3) is 3.62. The number of methoxy groups -OCH3 is 1. The number of aromatic hydroxyl groups is 1. The second-order valence-corrected chi connectivity index (χ2v) is 4.40. The minimum absolute atomic E-state index is 0.0686. The van der Waals surface area contributed by atoms with Gasteiger partial charge in [0.2, 0.25) is 0 Å². The fraction of sp³-hybridized carbons (Fsp3) is 0.0667. The monoisotopic (exact) mass is 316 g/mol. The fourth-order valence-electron chi connectivity index (χ4n) is 1.80. The van der Waals surface area contributed by atoms with E-state index in [4.69, 9.17) is 14.9 Å². The van der Waals surface area contributed by atoms with E-state index in [0.29, 0.717) is 0 Å². The number of carbonyl (C=O) groups is 2. The summed E-state index contributed by atoms with van der Waals surface area (Å²) in [5.41, 5.74) is 0.0873. The molecule has 0 saturated heterocycles. The van der Waals surface area contributed by atoms with E-state index in [-0.39, 0.29) is 34.0 Å². The van der Waals surface area contributed by atoms with Crippen molar-refractivity contribution >= 4 is 23.3 Å². The molecule has 0 saturated carbocycles. The number of hydrogen-bond donors (Lipinski definition) is 3. The van der Waals surface area contributed by atoms with Gasteiger partial charge in [0.15, 0.2) is 0 Å². The van der Waals surface area contributed by atoms with E-state index in [1.54, 1.807) is 0 Å². The summed E-state index contributed by atoms with van der Waals surface area (Å²) in [5, 5.41) is 35.1. The summed E-state index contributed by atoms with van der Waals surface area (Å²) >= 11 is 0. The van der Waals surface area contributed by atoms with E-state index < -0.39 is 11.9 Å². The summed E-state index contributed by atoms with van der Waals surface area (Å²) < 4.78 is 4.93. The Labute approximate surface area is 130 Å². The molecule has 0 amide bonds. The molecular weight excluding hydrogens is 304 g/mol. The molecular formula is C15H12N2O6. The number of carboxylic acid groups (broad SMARTS) is 2. The van der Waals surface area contributed by atoms with Crippen LogP contribution in [0.5, 0.6) is 11.5 Å². The van der Waals surface area contributed by atoms with Gasteiger partial charge >= 0.3 is 11.9 Å². The van der Waals surface area contributed by atoms with Crippen LogP contribution in [0, 0.1) is 0 Å². The molecule has 0 fully saturated rings. The molecule has 0 aliphatic rings. The lowest BCUT2D eigenvalue weighted by Crippen LogP contribution is -1.99. The molecule has 8 heteroatoms. The third-order valence-corrected chi connectivity index (χ3v) is 2.90. The van der Waals surface area contributed by atoms with Crippen LogP contribution in [0.3, 0.4) is 0 Å². The average Bonchev–Trinajstić information content (AvgIpc) is 2.53. The SMILES string of the molecule is COc1ccc(N=Nc2ccc(O)c(C(=O)O)c2)cc1C(=O)O. The number of carboxylic acids is 2. The van der Waals surface area contributed by atoms with Crippen LogP contribution in [0.4, 0.5) is 11.4 Å². The largest absolute Gasteiger partial charge is 0.507 e. The zero-order valence-corrected chi connectivity index (χ0v) is 11.9. The quantitative estimate of drug-likeness (QED) is 0.726. The average molecular weight is 316 g/mol. The highest BCUT2D eigenvalue weighted by Gasteiger charge is 2.12. The van der Waals surface area contributed by atoms with Gasteiger partial charge in [-0.3, -0.25) is 0 Å². The van der Waals surface area contributed by atoms with Crippen LogP contribution in [-0.4, -0.2) is 34.4 Å². The van der Waals surface area contributed by atoms with Crippen LogP contribution in [0.25, 0.3) is 0 Å². The van der Waals surface area contributed by atoms with Crippen LogP contribution in [0.2, 0.25) is 0 Å². The number of rotatable bonds is 5. The van der Waals surface area contributed by atoms with Crippen molar-refractivity contribution in [1.29, 1.82) is 0 Å². The molecule has 118 valence electrons. The number of benzene rings is 2. The molecule has 0 heterocycles. The van der Waals surface area contributed by atoms with E-state index >= 15 is 0 Å². The van der Waals surface area contributed by atoms with Crippen molar-refractivity contribution in [3.05, 3.63) is 47.5 Å². The summed E-state index contributed by atoms with van der Waals surface area (Å²) in [6.45, 7) is 0. The molecule has 23 heavy (non-hydrogen) atoms. The molecule has 0 bridgehead atoms. The minimum atomic E-state index is -1.29. The highest BCUT2D eigenvalue weighted by molar-refractivity contribution is 5.92. The molecule has 0 aliphatic carbocycles. The Morgan fingerprint density at radius 2 is 1.43 bits per heavy atom. The first kappa shape index (κ1) is 16.0. The zero-order valence-electron chi connectivity index (χ0n) is 11.9. The minimum Gasteiger partial charge on any atom is -0.507 e. The number of nitrogens with zero attached hydrogens (tertiary/aromatic N) is 2. The van der Waals surface area contributed by atoms with Crippen molar-refractivity contribution < 1.29 is 29.6 Å². The first-order valence-electron chi connectivity index (χ1n) is 6.31. The van der Waals surface area contributed by atoms with Gasteiger partial charge in [0, 0.05) is 0 Å². The Morgan fingerprint density at radius 1 is 0.913 bits per heavy atom. The lowest BCUT2D eigenvalue weighted by molar-refractivity contribution is 0.0682. The molecule has 2 aromatic rings. The zero-order chi connectivity index (χ0) is 17.0. The summed E-state index contributed by atoms with van der Waals surface area (Å²) in [7, 11) is 1.35. The van der Waals surface area contributed by atoms with Gasteiger partial charge in [-0.2, -0.15) is 10.2 Å². The van der Waals surface area contributed by atoms with Crippen LogP contribution < -0.4 is 4.74 Å². The van der Waals surface area contributed by atoms with Gasteiger partial charge in [-0.1, -0.05) is 0 Å². The van der Waals surface area contributed by atoms with Gasteiger partial charge in [0.25, 0.3) is 0 Å².